The summed E-state index contributed by atoms with van der Waals surface area (Å²) in [5.41, 5.74) is 9.59. The Bertz CT molecular complexity index is 345. The lowest BCUT2D eigenvalue weighted by Gasteiger charge is -2.10. The predicted octanol–water partition coefficient (Wildman–Crippen LogP) is 3.88. The van der Waals surface area contributed by atoms with Crippen LogP contribution in [0.15, 0.2) is 12.1 Å². The van der Waals surface area contributed by atoms with Gasteiger partial charge in [-0.05, 0) is 56.2 Å². The highest BCUT2D eigenvalue weighted by Crippen LogP contribution is 2.24. The lowest BCUT2D eigenvalue weighted by molar-refractivity contribution is 0.624. The van der Waals surface area contributed by atoms with Gasteiger partial charge >= 0.3 is 0 Å². The molecule has 2 heteroatoms. The molecule has 0 fully saturated rings. The fourth-order valence-corrected chi connectivity index (χ4v) is 2.20. The van der Waals surface area contributed by atoms with Crippen LogP contribution in [0.4, 0.5) is 0 Å². The quantitative estimate of drug-likeness (QED) is 0.829. The predicted molar refractivity (Wildman–Crippen MR) is 72.2 cm³/mol. The van der Waals surface area contributed by atoms with E-state index in [0.29, 0.717) is 6.04 Å². The first-order valence-electron chi connectivity index (χ1n) is 6.08. The minimum Gasteiger partial charge on any atom is -0.328 e. The molecule has 0 saturated heterocycles. The topological polar surface area (TPSA) is 26.0 Å². The highest BCUT2D eigenvalue weighted by molar-refractivity contribution is 6.32. The van der Waals surface area contributed by atoms with Crippen LogP contribution < -0.4 is 5.73 Å². The van der Waals surface area contributed by atoms with Crippen LogP contribution >= 0.6 is 11.6 Å². The van der Waals surface area contributed by atoms with E-state index in [1.807, 2.05) is 0 Å². The Balaban J connectivity index is 2.70. The van der Waals surface area contributed by atoms with Crippen LogP contribution in [0, 0.1) is 6.92 Å². The first-order chi connectivity index (χ1) is 7.54. The molecular weight excluding hydrogens is 218 g/mol. The van der Waals surface area contributed by atoms with Crippen LogP contribution in [0.3, 0.4) is 0 Å². The zero-order chi connectivity index (χ0) is 12.1. The van der Waals surface area contributed by atoms with E-state index in [2.05, 4.69) is 32.9 Å². The summed E-state index contributed by atoms with van der Waals surface area (Å²) in [5, 5.41) is 0.929. The molecule has 0 aromatic heterocycles. The lowest BCUT2D eigenvalue weighted by Crippen LogP contribution is -2.14. The molecule has 0 aliphatic heterocycles. The van der Waals surface area contributed by atoms with Gasteiger partial charge in [-0.3, -0.25) is 0 Å². The minimum atomic E-state index is 0.305. The van der Waals surface area contributed by atoms with E-state index in [1.54, 1.807) is 0 Å². The molecule has 0 saturated carbocycles. The average Bonchev–Trinajstić information content (AvgIpc) is 2.22. The van der Waals surface area contributed by atoms with Crippen LogP contribution in [0.25, 0.3) is 0 Å². The smallest absolute Gasteiger partial charge is 0.0467 e. The van der Waals surface area contributed by atoms with Crippen molar-refractivity contribution in [2.24, 2.45) is 5.73 Å². The molecule has 0 aliphatic carbocycles. The van der Waals surface area contributed by atoms with Crippen LogP contribution in [0.5, 0.6) is 0 Å². The van der Waals surface area contributed by atoms with Gasteiger partial charge in [0.15, 0.2) is 0 Å². The third-order valence-corrected chi connectivity index (χ3v) is 3.44. The van der Waals surface area contributed by atoms with Crippen molar-refractivity contribution in [1.82, 2.24) is 0 Å². The van der Waals surface area contributed by atoms with Crippen molar-refractivity contribution < 1.29 is 0 Å². The van der Waals surface area contributed by atoms with E-state index >= 15 is 0 Å². The molecule has 90 valence electrons. The second-order valence-electron chi connectivity index (χ2n) is 4.61. The zero-order valence-electron chi connectivity index (χ0n) is 10.5. The number of nitrogens with two attached hydrogens (primary N) is 1. The van der Waals surface area contributed by atoms with Gasteiger partial charge in [-0.25, -0.2) is 0 Å². The van der Waals surface area contributed by atoms with Gasteiger partial charge in [0.25, 0.3) is 0 Å². The Labute approximate surface area is 104 Å². The van der Waals surface area contributed by atoms with E-state index in [0.717, 1.165) is 30.7 Å². The summed E-state index contributed by atoms with van der Waals surface area (Å²) >= 11 is 6.23. The standard InChI is InChI=1S/C14H22ClN/c1-4-13-9-12(7-5-6-11(3)16)8-10(2)14(13)15/h8-9,11H,4-7,16H2,1-3H3/t11-/m0/s1. The molecular formula is C14H22ClN. The van der Waals surface area contributed by atoms with E-state index in [-0.39, 0.29) is 0 Å². The highest BCUT2D eigenvalue weighted by Gasteiger charge is 2.05. The maximum Gasteiger partial charge on any atom is 0.0467 e. The zero-order valence-corrected chi connectivity index (χ0v) is 11.3. The monoisotopic (exact) mass is 239 g/mol. The van der Waals surface area contributed by atoms with Crippen LogP contribution in [-0.4, -0.2) is 6.04 Å². The molecule has 1 aromatic carbocycles. The van der Waals surface area contributed by atoms with E-state index in [4.69, 9.17) is 17.3 Å². The van der Waals surface area contributed by atoms with Crippen molar-refractivity contribution in [2.75, 3.05) is 0 Å². The summed E-state index contributed by atoms with van der Waals surface area (Å²) < 4.78 is 0. The molecule has 0 bridgehead atoms. The normalized spacial score (nSPS) is 12.8. The number of rotatable bonds is 5. The van der Waals surface area contributed by atoms with Gasteiger partial charge in [0.1, 0.15) is 0 Å². The minimum absolute atomic E-state index is 0.305. The molecule has 0 radical (unpaired) electrons. The second-order valence-corrected chi connectivity index (χ2v) is 4.99. The summed E-state index contributed by atoms with van der Waals surface area (Å²) in [5.74, 6) is 0. The molecule has 16 heavy (non-hydrogen) atoms. The van der Waals surface area contributed by atoms with Crippen molar-refractivity contribution in [3.8, 4) is 0 Å². The summed E-state index contributed by atoms with van der Waals surface area (Å²) in [6, 6.07) is 4.73. The van der Waals surface area contributed by atoms with Gasteiger partial charge in [0.2, 0.25) is 0 Å². The number of halogens is 1. The molecule has 2 N–H and O–H groups in total. The van der Waals surface area contributed by atoms with Gasteiger partial charge in [-0.2, -0.15) is 0 Å². The molecule has 0 amide bonds. The lowest BCUT2D eigenvalue weighted by atomic mass is 10.00. The maximum atomic E-state index is 6.23. The molecule has 1 rings (SSSR count). The summed E-state index contributed by atoms with van der Waals surface area (Å²) in [6.07, 6.45) is 4.35. The molecule has 1 nitrogen and oxygen atoms in total. The van der Waals surface area contributed by atoms with Crippen molar-refractivity contribution in [1.29, 1.82) is 0 Å². The van der Waals surface area contributed by atoms with Crippen molar-refractivity contribution in [3.63, 3.8) is 0 Å². The van der Waals surface area contributed by atoms with Crippen LogP contribution in [-0.2, 0) is 12.8 Å². The van der Waals surface area contributed by atoms with E-state index < -0.39 is 0 Å². The molecule has 0 heterocycles. The molecule has 0 aliphatic rings. The highest BCUT2D eigenvalue weighted by atomic mass is 35.5. The van der Waals surface area contributed by atoms with Gasteiger partial charge < -0.3 is 5.73 Å². The maximum absolute atomic E-state index is 6.23. The van der Waals surface area contributed by atoms with Crippen molar-refractivity contribution >= 4 is 11.6 Å². The van der Waals surface area contributed by atoms with Crippen LogP contribution in [0.2, 0.25) is 5.02 Å². The molecule has 1 atom stereocenters. The summed E-state index contributed by atoms with van der Waals surface area (Å²) in [7, 11) is 0. The second kappa shape index (κ2) is 6.27. The third kappa shape index (κ3) is 3.80. The Morgan fingerprint density at radius 3 is 2.62 bits per heavy atom. The summed E-state index contributed by atoms with van der Waals surface area (Å²) in [4.78, 5) is 0. The fourth-order valence-electron chi connectivity index (χ4n) is 1.95. The van der Waals surface area contributed by atoms with Gasteiger partial charge in [0, 0.05) is 11.1 Å². The van der Waals surface area contributed by atoms with E-state index in [9.17, 15) is 0 Å². The van der Waals surface area contributed by atoms with Crippen molar-refractivity contribution in [2.45, 2.75) is 52.5 Å². The third-order valence-electron chi connectivity index (χ3n) is 2.90. The molecule has 0 unspecified atom stereocenters. The Kier molecular flexibility index (Phi) is 5.30. The Morgan fingerprint density at radius 1 is 1.38 bits per heavy atom. The van der Waals surface area contributed by atoms with Gasteiger partial charge in [0.05, 0.1) is 0 Å². The fraction of sp³-hybridized carbons (Fsp3) is 0.571. The van der Waals surface area contributed by atoms with Crippen LogP contribution in [0.1, 0.15) is 43.4 Å². The molecule has 1 aromatic rings. The Morgan fingerprint density at radius 2 is 2.06 bits per heavy atom. The Hall–Kier alpha value is -0.530. The number of hydrogen-bond donors (Lipinski definition) is 1. The number of hydrogen-bond acceptors (Lipinski definition) is 1. The van der Waals surface area contributed by atoms with E-state index in [1.165, 1.54) is 16.7 Å². The van der Waals surface area contributed by atoms with Gasteiger partial charge in [-0.1, -0.05) is 30.7 Å². The first-order valence-corrected chi connectivity index (χ1v) is 6.45. The summed E-state index contributed by atoms with van der Waals surface area (Å²) in [6.45, 7) is 6.29. The van der Waals surface area contributed by atoms with Crippen molar-refractivity contribution in [3.05, 3.63) is 33.8 Å². The van der Waals surface area contributed by atoms with Gasteiger partial charge in [-0.15, -0.1) is 0 Å². The first kappa shape index (κ1) is 13.5. The number of benzene rings is 1. The average molecular weight is 240 g/mol. The SMILES string of the molecule is CCc1cc(CCC[C@H](C)N)cc(C)c1Cl. The number of aryl methyl sites for hydroxylation is 3. The largest absolute Gasteiger partial charge is 0.328 e. The molecule has 0 spiro atoms.